The van der Waals surface area contributed by atoms with Gasteiger partial charge in [-0.25, -0.2) is 0 Å². The van der Waals surface area contributed by atoms with Crippen molar-refractivity contribution in [1.82, 2.24) is 10.2 Å². The summed E-state index contributed by atoms with van der Waals surface area (Å²) in [7, 11) is 3.76. The Morgan fingerprint density at radius 2 is 1.84 bits per heavy atom. The molecule has 0 radical (unpaired) electrons. The second-order valence-corrected chi connectivity index (χ2v) is 5.38. The number of hydrogen-bond donors (Lipinski definition) is 1. The molecule has 0 saturated heterocycles. The lowest BCUT2D eigenvalue weighted by Gasteiger charge is -2.29. The van der Waals surface area contributed by atoms with Crippen molar-refractivity contribution < 1.29 is 4.79 Å². The molecule has 3 nitrogen and oxygen atoms in total. The second-order valence-electron chi connectivity index (χ2n) is 5.38. The van der Waals surface area contributed by atoms with Crippen LogP contribution in [0, 0.1) is 5.41 Å². The maximum Gasteiger partial charge on any atom is 0.228 e. The molecule has 0 unspecified atom stereocenters. The summed E-state index contributed by atoms with van der Waals surface area (Å²) >= 11 is 0. The van der Waals surface area contributed by atoms with Crippen molar-refractivity contribution in [3.05, 3.63) is 35.9 Å². The average molecular weight is 285 g/mol. The van der Waals surface area contributed by atoms with Crippen LogP contribution in [0.25, 0.3) is 0 Å². The highest BCUT2D eigenvalue weighted by Gasteiger charge is 2.30. The maximum atomic E-state index is 12.4. The predicted molar refractivity (Wildman–Crippen MR) is 82.7 cm³/mol. The molecule has 1 aromatic carbocycles. The van der Waals surface area contributed by atoms with Crippen molar-refractivity contribution in [2.24, 2.45) is 5.41 Å². The molecule has 1 amide bonds. The van der Waals surface area contributed by atoms with E-state index in [-0.39, 0.29) is 23.7 Å². The largest absolute Gasteiger partial charge is 0.344 e. The van der Waals surface area contributed by atoms with Crippen LogP contribution in [0.5, 0.6) is 0 Å². The Balaban J connectivity index is 0.00000324. The highest BCUT2D eigenvalue weighted by Crippen LogP contribution is 2.24. The number of benzene rings is 1. The van der Waals surface area contributed by atoms with E-state index in [9.17, 15) is 4.79 Å². The summed E-state index contributed by atoms with van der Waals surface area (Å²) in [6.45, 7) is 5.59. The van der Waals surface area contributed by atoms with Gasteiger partial charge >= 0.3 is 0 Å². The quantitative estimate of drug-likeness (QED) is 0.870. The van der Waals surface area contributed by atoms with Crippen molar-refractivity contribution in [3.8, 4) is 0 Å². The van der Waals surface area contributed by atoms with E-state index in [1.54, 1.807) is 4.90 Å². The van der Waals surface area contributed by atoms with Crippen LogP contribution in [0.3, 0.4) is 0 Å². The van der Waals surface area contributed by atoms with Crippen LogP contribution in [0.15, 0.2) is 30.3 Å². The third-order valence-electron chi connectivity index (χ3n) is 3.11. The number of carbonyl (C=O) groups is 1. The molecular formula is C15H25ClN2O. The monoisotopic (exact) mass is 284 g/mol. The first-order valence-corrected chi connectivity index (χ1v) is 6.41. The number of nitrogens with zero attached hydrogens (tertiary/aromatic N) is 1. The number of rotatable bonds is 6. The Bertz CT molecular complexity index is 379. The fourth-order valence-electron chi connectivity index (χ4n) is 2.08. The third kappa shape index (κ3) is 5.62. The zero-order chi connectivity index (χ0) is 13.6. The Hall–Kier alpha value is -1.06. The summed E-state index contributed by atoms with van der Waals surface area (Å²) in [5.41, 5.74) is 0.849. The van der Waals surface area contributed by atoms with Crippen molar-refractivity contribution in [2.75, 3.05) is 27.2 Å². The first kappa shape index (κ1) is 17.9. The van der Waals surface area contributed by atoms with Gasteiger partial charge in [0.15, 0.2) is 0 Å². The molecule has 0 aliphatic rings. The van der Waals surface area contributed by atoms with Crippen molar-refractivity contribution in [1.29, 1.82) is 0 Å². The molecule has 0 aromatic heterocycles. The molecule has 1 aromatic rings. The molecule has 0 spiro atoms. The van der Waals surface area contributed by atoms with Gasteiger partial charge < -0.3 is 10.2 Å². The maximum absolute atomic E-state index is 12.4. The van der Waals surface area contributed by atoms with Gasteiger partial charge in [0.1, 0.15) is 0 Å². The normalized spacial score (nSPS) is 10.7. The van der Waals surface area contributed by atoms with E-state index in [4.69, 9.17) is 0 Å². The summed E-state index contributed by atoms with van der Waals surface area (Å²) in [6.07, 6.45) is 0.774. The predicted octanol–water partition coefficient (Wildman–Crippen LogP) is 2.35. The second kappa shape index (κ2) is 8.18. The topological polar surface area (TPSA) is 32.3 Å². The molecule has 4 heteroatoms. The Kier molecular flexibility index (Phi) is 7.72. The van der Waals surface area contributed by atoms with Gasteiger partial charge in [0.2, 0.25) is 5.91 Å². The molecule has 0 saturated carbocycles. The smallest absolute Gasteiger partial charge is 0.228 e. The average Bonchev–Trinajstić information content (AvgIpc) is 2.35. The van der Waals surface area contributed by atoms with E-state index in [0.29, 0.717) is 0 Å². The minimum Gasteiger partial charge on any atom is -0.344 e. The van der Waals surface area contributed by atoms with E-state index < -0.39 is 0 Å². The molecule has 1 N–H and O–H groups in total. The number of halogens is 1. The lowest BCUT2D eigenvalue weighted by molar-refractivity contribution is -0.138. The molecule has 0 aliphatic carbocycles. The van der Waals surface area contributed by atoms with Gasteiger partial charge in [-0.2, -0.15) is 0 Å². The summed E-state index contributed by atoms with van der Waals surface area (Å²) in [4.78, 5) is 14.2. The van der Waals surface area contributed by atoms with Crippen LogP contribution in [0.4, 0.5) is 0 Å². The van der Waals surface area contributed by atoms with Crippen molar-refractivity contribution in [3.63, 3.8) is 0 Å². The molecule has 0 fully saturated rings. The fraction of sp³-hybridized carbons (Fsp3) is 0.533. The molecule has 0 bridgehead atoms. The zero-order valence-corrected chi connectivity index (χ0v) is 13.1. The molecule has 0 heterocycles. The van der Waals surface area contributed by atoms with Crippen molar-refractivity contribution >= 4 is 18.3 Å². The van der Waals surface area contributed by atoms with Crippen molar-refractivity contribution in [2.45, 2.75) is 20.3 Å². The van der Waals surface area contributed by atoms with E-state index >= 15 is 0 Å². The minimum absolute atomic E-state index is 0. The lowest BCUT2D eigenvalue weighted by atomic mass is 9.84. The van der Waals surface area contributed by atoms with Crippen LogP contribution in [-0.2, 0) is 11.2 Å². The molecule has 0 atom stereocenters. The standard InChI is InChI=1S/C15H24N2O.ClH/c1-15(2,12-13-8-6-5-7-9-13)14(18)17(4)11-10-16-3;/h5-9,16H,10-12H2,1-4H3;1H. The van der Waals surface area contributed by atoms with Crippen LogP contribution < -0.4 is 5.32 Å². The highest BCUT2D eigenvalue weighted by molar-refractivity contribution is 5.85. The van der Waals surface area contributed by atoms with Gasteiger partial charge in [0.05, 0.1) is 0 Å². The van der Waals surface area contributed by atoms with Gasteiger partial charge in [-0.3, -0.25) is 4.79 Å². The minimum atomic E-state index is -0.357. The van der Waals surface area contributed by atoms with E-state index in [2.05, 4.69) is 17.4 Å². The molecule has 0 aliphatic heterocycles. The van der Waals surface area contributed by atoms with Gasteiger partial charge in [-0.15, -0.1) is 12.4 Å². The van der Waals surface area contributed by atoms with Gasteiger partial charge in [0.25, 0.3) is 0 Å². The van der Waals surface area contributed by atoms with Gasteiger partial charge in [-0.05, 0) is 19.0 Å². The first-order valence-electron chi connectivity index (χ1n) is 6.41. The number of carbonyl (C=O) groups excluding carboxylic acids is 1. The summed E-state index contributed by atoms with van der Waals surface area (Å²) < 4.78 is 0. The summed E-state index contributed by atoms with van der Waals surface area (Å²) in [5, 5.41) is 3.06. The molecule has 108 valence electrons. The first-order chi connectivity index (χ1) is 8.47. The fourth-order valence-corrected chi connectivity index (χ4v) is 2.08. The summed E-state index contributed by atoms with van der Waals surface area (Å²) in [5.74, 6) is 0.196. The lowest BCUT2D eigenvalue weighted by Crippen LogP contribution is -2.42. The number of nitrogens with one attached hydrogen (secondary N) is 1. The van der Waals surface area contributed by atoms with E-state index in [1.807, 2.05) is 46.1 Å². The van der Waals surface area contributed by atoms with Gasteiger partial charge in [0, 0.05) is 25.6 Å². The Morgan fingerprint density at radius 3 is 2.37 bits per heavy atom. The molecule has 19 heavy (non-hydrogen) atoms. The van der Waals surface area contributed by atoms with Crippen LogP contribution in [0.1, 0.15) is 19.4 Å². The summed E-state index contributed by atoms with van der Waals surface area (Å²) in [6, 6.07) is 10.2. The van der Waals surface area contributed by atoms with Crippen LogP contribution in [-0.4, -0.2) is 38.0 Å². The number of amides is 1. The molecular weight excluding hydrogens is 260 g/mol. The van der Waals surface area contributed by atoms with E-state index in [0.717, 1.165) is 19.5 Å². The van der Waals surface area contributed by atoms with Crippen LogP contribution in [0.2, 0.25) is 0 Å². The number of likely N-dealkylation sites (N-methyl/N-ethyl adjacent to an activating group) is 2. The molecule has 1 rings (SSSR count). The third-order valence-corrected chi connectivity index (χ3v) is 3.11. The SMILES string of the molecule is CNCCN(C)C(=O)C(C)(C)Cc1ccccc1.Cl. The van der Waals surface area contributed by atoms with Gasteiger partial charge in [-0.1, -0.05) is 44.2 Å². The van der Waals surface area contributed by atoms with E-state index in [1.165, 1.54) is 5.56 Å². The zero-order valence-electron chi connectivity index (χ0n) is 12.3. The highest BCUT2D eigenvalue weighted by atomic mass is 35.5. The van der Waals surface area contributed by atoms with Crippen LogP contribution >= 0.6 is 12.4 Å². The Morgan fingerprint density at radius 1 is 1.26 bits per heavy atom. The Labute approximate surface area is 122 Å². The number of hydrogen-bond acceptors (Lipinski definition) is 2.